The lowest BCUT2D eigenvalue weighted by Crippen LogP contribution is -2.37. The van der Waals surface area contributed by atoms with Crippen molar-refractivity contribution in [1.29, 1.82) is 0 Å². The van der Waals surface area contributed by atoms with Crippen molar-refractivity contribution in [2.24, 2.45) is 0 Å². The summed E-state index contributed by atoms with van der Waals surface area (Å²) in [5, 5.41) is 2.76. The molecule has 5 nitrogen and oxygen atoms in total. The molecule has 0 atom stereocenters. The first kappa shape index (κ1) is 9.51. The summed E-state index contributed by atoms with van der Waals surface area (Å²) in [6, 6.07) is 9.03. The molecule has 1 heterocycles. The number of ether oxygens (including phenoxy) is 2. The van der Waals surface area contributed by atoms with Crippen molar-refractivity contribution >= 4 is 17.6 Å². The Labute approximate surface area is 86.0 Å². The summed E-state index contributed by atoms with van der Waals surface area (Å²) in [6.07, 6.45) is -1.35. The first-order chi connectivity index (χ1) is 7.24. The second-order valence-corrected chi connectivity index (χ2v) is 3.00. The minimum absolute atomic E-state index is 0.326. The number of nitrogens with one attached hydrogen (secondary N) is 1. The highest BCUT2D eigenvalue weighted by atomic mass is 16.7. The van der Waals surface area contributed by atoms with E-state index in [2.05, 4.69) is 5.32 Å². The molecule has 0 amide bonds. The number of carbonyl (C=O) groups is 2. The van der Waals surface area contributed by atoms with E-state index in [1.54, 1.807) is 12.1 Å². The topological polar surface area (TPSA) is 64.6 Å². The SMILES string of the molecule is O=C1CC(=O)OC(Nc2ccccc2)O1. The van der Waals surface area contributed by atoms with Crippen LogP contribution in [0.1, 0.15) is 6.42 Å². The Bertz CT molecular complexity index is 360. The number of carbonyl (C=O) groups excluding carboxylic acids is 2. The molecule has 1 aromatic rings. The molecule has 5 heteroatoms. The van der Waals surface area contributed by atoms with E-state index < -0.39 is 18.4 Å². The maximum atomic E-state index is 10.9. The van der Waals surface area contributed by atoms with Crippen molar-refractivity contribution in [3.63, 3.8) is 0 Å². The number of cyclic esters (lactones) is 2. The summed E-state index contributed by atoms with van der Waals surface area (Å²) in [5.41, 5.74) is 0.713. The maximum Gasteiger partial charge on any atom is 0.329 e. The number of anilines is 1. The highest BCUT2D eigenvalue weighted by Gasteiger charge is 2.27. The van der Waals surface area contributed by atoms with Gasteiger partial charge in [0.05, 0.1) is 0 Å². The Morgan fingerprint density at radius 2 is 1.67 bits per heavy atom. The number of para-hydroxylation sites is 1. The summed E-state index contributed by atoms with van der Waals surface area (Å²) >= 11 is 0. The molecule has 1 aliphatic rings. The quantitative estimate of drug-likeness (QED) is 0.575. The fourth-order valence-corrected chi connectivity index (χ4v) is 1.19. The third-order valence-corrected chi connectivity index (χ3v) is 1.82. The molecule has 0 saturated carbocycles. The zero-order chi connectivity index (χ0) is 10.7. The first-order valence-electron chi connectivity index (χ1n) is 4.44. The third-order valence-electron chi connectivity index (χ3n) is 1.82. The monoisotopic (exact) mass is 207 g/mol. The molecule has 1 fully saturated rings. The second kappa shape index (κ2) is 4.00. The van der Waals surface area contributed by atoms with Gasteiger partial charge in [-0.1, -0.05) is 18.2 Å². The lowest BCUT2D eigenvalue weighted by atomic mass is 10.3. The smallest absolute Gasteiger partial charge is 0.329 e. The fraction of sp³-hybridized carbons (Fsp3) is 0.200. The van der Waals surface area contributed by atoms with E-state index in [0.717, 1.165) is 0 Å². The van der Waals surface area contributed by atoms with Gasteiger partial charge in [0.1, 0.15) is 6.42 Å². The Morgan fingerprint density at radius 1 is 1.07 bits per heavy atom. The zero-order valence-electron chi connectivity index (χ0n) is 7.80. The van der Waals surface area contributed by atoms with Crippen molar-refractivity contribution in [2.75, 3.05) is 5.32 Å². The van der Waals surface area contributed by atoms with Crippen LogP contribution in [0, 0.1) is 0 Å². The van der Waals surface area contributed by atoms with E-state index >= 15 is 0 Å². The number of hydrogen-bond acceptors (Lipinski definition) is 5. The van der Waals surface area contributed by atoms with E-state index in [1.807, 2.05) is 18.2 Å². The minimum Gasteiger partial charge on any atom is -0.406 e. The molecule has 1 aliphatic heterocycles. The van der Waals surface area contributed by atoms with Gasteiger partial charge in [0.25, 0.3) is 0 Å². The predicted molar refractivity (Wildman–Crippen MR) is 50.7 cm³/mol. The molecule has 1 saturated heterocycles. The van der Waals surface area contributed by atoms with Crippen molar-refractivity contribution in [3.8, 4) is 0 Å². The molecule has 0 spiro atoms. The summed E-state index contributed by atoms with van der Waals surface area (Å²) in [6.45, 7) is 0. The number of esters is 2. The lowest BCUT2D eigenvalue weighted by Gasteiger charge is -2.23. The molecule has 0 aliphatic carbocycles. The van der Waals surface area contributed by atoms with Gasteiger partial charge in [-0.25, -0.2) is 0 Å². The van der Waals surface area contributed by atoms with Gasteiger partial charge in [0, 0.05) is 5.69 Å². The van der Waals surface area contributed by atoms with Crippen LogP contribution in [-0.2, 0) is 19.1 Å². The van der Waals surface area contributed by atoms with Crippen LogP contribution in [0.3, 0.4) is 0 Å². The van der Waals surface area contributed by atoms with Gasteiger partial charge in [0.2, 0.25) is 0 Å². The van der Waals surface area contributed by atoms with E-state index in [1.165, 1.54) is 0 Å². The summed E-state index contributed by atoms with van der Waals surface area (Å²) < 4.78 is 9.54. The van der Waals surface area contributed by atoms with Crippen molar-refractivity contribution < 1.29 is 19.1 Å². The molecular weight excluding hydrogens is 198 g/mol. The van der Waals surface area contributed by atoms with Gasteiger partial charge in [-0.05, 0) is 12.1 Å². The molecule has 1 N–H and O–H groups in total. The van der Waals surface area contributed by atoms with Crippen LogP contribution in [0.15, 0.2) is 30.3 Å². The van der Waals surface area contributed by atoms with Crippen molar-refractivity contribution in [2.45, 2.75) is 12.8 Å². The van der Waals surface area contributed by atoms with Gasteiger partial charge in [-0.15, -0.1) is 0 Å². The molecule has 1 aromatic carbocycles. The van der Waals surface area contributed by atoms with Crippen LogP contribution in [0.25, 0.3) is 0 Å². The van der Waals surface area contributed by atoms with Crippen molar-refractivity contribution in [3.05, 3.63) is 30.3 Å². The Kier molecular flexibility index (Phi) is 2.53. The van der Waals surface area contributed by atoms with E-state index in [-0.39, 0.29) is 6.42 Å². The second-order valence-electron chi connectivity index (χ2n) is 3.00. The maximum absolute atomic E-state index is 10.9. The van der Waals surface area contributed by atoms with Gasteiger partial charge >= 0.3 is 18.4 Å². The van der Waals surface area contributed by atoms with Crippen LogP contribution in [0.2, 0.25) is 0 Å². The average molecular weight is 207 g/mol. The molecule has 0 aromatic heterocycles. The summed E-state index contributed by atoms with van der Waals surface area (Å²) in [4.78, 5) is 21.8. The third kappa shape index (κ3) is 2.46. The Hall–Kier alpha value is -2.04. The van der Waals surface area contributed by atoms with Crippen LogP contribution in [0.4, 0.5) is 5.69 Å². The zero-order valence-corrected chi connectivity index (χ0v) is 7.80. The van der Waals surface area contributed by atoms with Crippen molar-refractivity contribution in [1.82, 2.24) is 0 Å². The fourth-order valence-electron chi connectivity index (χ4n) is 1.19. The molecule has 0 bridgehead atoms. The summed E-state index contributed by atoms with van der Waals surface area (Å²) in [5.74, 6) is -1.17. The predicted octanol–water partition coefficient (Wildman–Crippen LogP) is 0.872. The van der Waals surface area contributed by atoms with E-state index in [4.69, 9.17) is 9.47 Å². The van der Waals surface area contributed by atoms with Gasteiger partial charge in [-0.3, -0.25) is 9.59 Å². The molecule has 15 heavy (non-hydrogen) atoms. The number of hydrogen-bond donors (Lipinski definition) is 1. The highest BCUT2D eigenvalue weighted by molar-refractivity contribution is 5.92. The van der Waals surface area contributed by atoms with Gasteiger partial charge < -0.3 is 14.8 Å². The molecule has 2 rings (SSSR count). The van der Waals surface area contributed by atoms with Crippen LogP contribution >= 0.6 is 0 Å². The summed E-state index contributed by atoms with van der Waals surface area (Å²) in [7, 11) is 0. The first-order valence-corrected chi connectivity index (χ1v) is 4.44. The largest absolute Gasteiger partial charge is 0.406 e. The standard InChI is InChI=1S/C10H9NO4/c12-8-6-9(13)15-10(14-8)11-7-4-2-1-3-5-7/h1-5,10-11H,6H2. The van der Waals surface area contributed by atoms with Crippen LogP contribution < -0.4 is 5.32 Å². The van der Waals surface area contributed by atoms with Crippen LogP contribution in [-0.4, -0.2) is 18.4 Å². The van der Waals surface area contributed by atoms with Gasteiger partial charge in [-0.2, -0.15) is 0 Å². The molecule has 0 radical (unpaired) electrons. The van der Waals surface area contributed by atoms with E-state index in [0.29, 0.717) is 5.69 Å². The molecule has 78 valence electrons. The minimum atomic E-state index is -1.03. The average Bonchev–Trinajstić information content (AvgIpc) is 2.17. The number of rotatable bonds is 2. The Balaban J connectivity index is 2.00. The molecular formula is C10H9NO4. The highest BCUT2D eigenvalue weighted by Crippen LogP contribution is 2.12. The number of benzene rings is 1. The van der Waals surface area contributed by atoms with E-state index in [9.17, 15) is 9.59 Å². The lowest BCUT2D eigenvalue weighted by molar-refractivity contribution is -0.197. The normalized spacial score (nSPS) is 16.8. The Morgan fingerprint density at radius 3 is 2.27 bits per heavy atom. The molecule has 0 unspecified atom stereocenters. The van der Waals surface area contributed by atoms with Crippen LogP contribution in [0.5, 0.6) is 0 Å². The van der Waals surface area contributed by atoms with Gasteiger partial charge in [0.15, 0.2) is 0 Å².